The summed E-state index contributed by atoms with van der Waals surface area (Å²) in [7, 11) is 0. The van der Waals surface area contributed by atoms with Crippen LogP contribution in [0.25, 0.3) is 0 Å². The van der Waals surface area contributed by atoms with Gasteiger partial charge in [0.15, 0.2) is 0 Å². The van der Waals surface area contributed by atoms with Crippen molar-refractivity contribution in [2.24, 2.45) is 0 Å². The van der Waals surface area contributed by atoms with Crippen LogP contribution in [0.3, 0.4) is 0 Å². The monoisotopic (exact) mass is 344 g/mol. The molecule has 0 radical (unpaired) electrons. The number of benzene rings is 1. The van der Waals surface area contributed by atoms with Crippen LogP contribution < -0.4 is 4.74 Å². The maximum absolute atomic E-state index is 9.87. The molecule has 1 atom stereocenters. The third-order valence-corrected chi connectivity index (χ3v) is 4.15. The molecule has 1 aromatic rings. The predicted molar refractivity (Wildman–Crippen MR) is 80.2 cm³/mol. The van der Waals surface area contributed by atoms with Crippen molar-refractivity contribution in [2.75, 3.05) is 26.4 Å². The molecule has 0 amide bonds. The van der Waals surface area contributed by atoms with Gasteiger partial charge in [0, 0.05) is 17.7 Å². The van der Waals surface area contributed by atoms with Gasteiger partial charge in [-0.3, -0.25) is 0 Å². The lowest BCUT2D eigenvalue weighted by atomic mass is 10.1. The Morgan fingerprint density at radius 1 is 1.35 bits per heavy atom. The highest BCUT2D eigenvalue weighted by Gasteiger charge is 2.16. The number of aliphatic hydroxyl groups is 1. The van der Waals surface area contributed by atoms with Crippen molar-refractivity contribution in [1.82, 2.24) is 0 Å². The SMILES string of the molecule is Cc1cc(OCC(O)COC2CCOCC2)ccc1Br. The Hall–Kier alpha value is -0.620. The number of hydrogen-bond donors (Lipinski definition) is 1. The summed E-state index contributed by atoms with van der Waals surface area (Å²) < 4.78 is 17.5. The van der Waals surface area contributed by atoms with E-state index >= 15 is 0 Å². The van der Waals surface area contributed by atoms with Crippen LogP contribution in [0.1, 0.15) is 18.4 Å². The van der Waals surface area contributed by atoms with E-state index in [2.05, 4.69) is 15.9 Å². The van der Waals surface area contributed by atoms with E-state index in [0.29, 0.717) is 6.61 Å². The van der Waals surface area contributed by atoms with Gasteiger partial charge in [-0.2, -0.15) is 0 Å². The average Bonchev–Trinajstić information content (AvgIpc) is 2.47. The first-order valence-corrected chi connectivity index (χ1v) is 7.71. The minimum Gasteiger partial charge on any atom is -0.491 e. The van der Waals surface area contributed by atoms with Gasteiger partial charge in [-0.25, -0.2) is 0 Å². The maximum atomic E-state index is 9.87. The molecule has 0 bridgehead atoms. The van der Waals surface area contributed by atoms with E-state index in [0.717, 1.165) is 41.8 Å². The summed E-state index contributed by atoms with van der Waals surface area (Å²) in [4.78, 5) is 0. The molecule has 0 aromatic heterocycles. The Kier molecular flexibility index (Phi) is 6.29. The summed E-state index contributed by atoms with van der Waals surface area (Å²) in [6, 6.07) is 5.76. The largest absolute Gasteiger partial charge is 0.491 e. The molecule has 1 aliphatic heterocycles. The van der Waals surface area contributed by atoms with Crippen LogP contribution in [0.4, 0.5) is 0 Å². The molecule has 112 valence electrons. The topological polar surface area (TPSA) is 47.9 Å². The van der Waals surface area contributed by atoms with Crippen molar-refractivity contribution in [1.29, 1.82) is 0 Å². The van der Waals surface area contributed by atoms with E-state index in [1.54, 1.807) is 0 Å². The van der Waals surface area contributed by atoms with Gasteiger partial charge in [0.25, 0.3) is 0 Å². The molecule has 5 heteroatoms. The van der Waals surface area contributed by atoms with Gasteiger partial charge in [-0.05, 0) is 43.5 Å². The molecule has 20 heavy (non-hydrogen) atoms. The van der Waals surface area contributed by atoms with E-state index in [9.17, 15) is 5.11 Å². The number of rotatable bonds is 6. The fourth-order valence-electron chi connectivity index (χ4n) is 2.04. The lowest BCUT2D eigenvalue weighted by Crippen LogP contribution is -2.30. The van der Waals surface area contributed by atoms with Gasteiger partial charge in [-0.15, -0.1) is 0 Å². The quantitative estimate of drug-likeness (QED) is 0.861. The van der Waals surface area contributed by atoms with E-state index in [1.165, 1.54) is 0 Å². The third-order valence-electron chi connectivity index (χ3n) is 3.26. The van der Waals surface area contributed by atoms with Gasteiger partial charge in [0.2, 0.25) is 0 Å². The second-order valence-corrected chi connectivity index (χ2v) is 5.88. The molecule has 0 aliphatic carbocycles. The molecule has 1 fully saturated rings. The molecule has 0 saturated carbocycles. The summed E-state index contributed by atoms with van der Waals surface area (Å²) in [6.07, 6.45) is 1.40. The zero-order chi connectivity index (χ0) is 14.4. The van der Waals surface area contributed by atoms with Crippen LogP contribution in [-0.4, -0.2) is 43.7 Å². The Morgan fingerprint density at radius 3 is 2.80 bits per heavy atom. The molecule has 0 spiro atoms. The van der Waals surface area contributed by atoms with E-state index in [4.69, 9.17) is 14.2 Å². The second kappa shape index (κ2) is 7.98. The number of ether oxygens (including phenoxy) is 3. The first-order chi connectivity index (χ1) is 9.65. The molecule has 2 rings (SSSR count). The Morgan fingerprint density at radius 2 is 2.10 bits per heavy atom. The van der Waals surface area contributed by atoms with Gasteiger partial charge in [-0.1, -0.05) is 15.9 Å². The highest BCUT2D eigenvalue weighted by atomic mass is 79.9. The molecule has 1 N–H and O–H groups in total. The second-order valence-electron chi connectivity index (χ2n) is 5.02. The predicted octanol–water partition coefficient (Wildman–Crippen LogP) is 2.69. The standard InChI is InChI=1S/C15H21BrO4/c1-11-8-14(2-3-15(11)16)20-10-12(17)9-19-13-4-6-18-7-5-13/h2-3,8,12-13,17H,4-7,9-10H2,1H3. The van der Waals surface area contributed by atoms with Crippen LogP contribution in [0.5, 0.6) is 5.75 Å². The maximum Gasteiger partial charge on any atom is 0.119 e. The van der Waals surface area contributed by atoms with Gasteiger partial charge >= 0.3 is 0 Å². The van der Waals surface area contributed by atoms with E-state index in [1.807, 2.05) is 25.1 Å². The lowest BCUT2D eigenvalue weighted by Gasteiger charge is -2.23. The van der Waals surface area contributed by atoms with Crippen LogP contribution in [-0.2, 0) is 9.47 Å². The lowest BCUT2D eigenvalue weighted by molar-refractivity contribution is -0.0659. The molecule has 1 heterocycles. The highest BCUT2D eigenvalue weighted by Crippen LogP contribution is 2.21. The van der Waals surface area contributed by atoms with Crippen LogP contribution >= 0.6 is 15.9 Å². The smallest absolute Gasteiger partial charge is 0.119 e. The number of aryl methyl sites for hydroxylation is 1. The molecule has 1 unspecified atom stereocenters. The first-order valence-electron chi connectivity index (χ1n) is 6.91. The van der Waals surface area contributed by atoms with Crippen molar-refractivity contribution in [2.45, 2.75) is 32.0 Å². The van der Waals surface area contributed by atoms with Gasteiger partial charge < -0.3 is 19.3 Å². The van der Waals surface area contributed by atoms with Crippen molar-refractivity contribution >= 4 is 15.9 Å². The Labute approximate surface area is 128 Å². The zero-order valence-electron chi connectivity index (χ0n) is 11.7. The summed E-state index contributed by atoms with van der Waals surface area (Å²) in [5, 5.41) is 9.87. The number of hydrogen-bond acceptors (Lipinski definition) is 4. The van der Waals surface area contributed by atoms with Crippen molar-refractivity contribution < 1.29 is 19.3 Å². The Bertz CT molecular complexity index is 418. The summed E-state index contributed by atoms with van der Waals surface area (Å²) >= 11 is 3.44. The summed E-state index contributed by atoms with van der Waals surface area (Å²) in [5.74, 6) is 0.760. The Balaban J connectivity index is 1.68. The summed E-state index contributed by atoms with van der Waals surface area (Å²) in [6.45, 7) is 4.04. The minimum absolute atomic E-state index is 0.202. The first kappa shape index (κ1) is 15.8. The minimum atomic E-state index is -0.609. The van der Waals surface area contributed by atoms with Crippen molar-refractivity contribution in [3.05, 3.63) is 28.2 Å². The molecular weight excluding hydrogens is 324 g/mol. The normalized spacial score (nSPS) is 17.9. The molecular formula is C15H21BrO4. The fraction of sp³-hybridized carbons (Fsp3) is 0.600. The van der Waals surface area contributed by atoms with Gasteiger partial charge in [0.1, 0.15) is 18.5 Å². The third kappa shape index (κ3) is 5.05. The van der Waals surface area contributed by atoms with E-state index < -0.39 is 6.10 Å². The zero-order valence-corrected chi connectivity index (χ0v) is 13.3. The van der Waals surface area contributed by atoms with E-state index in [-0.39, 0.29) is 12.7 Å². The molecule has 1 aromatic carbocycles. The van der Waals surface area contributed by atoms with Crippen LogP contribution in [0.2, 0.25) is 0 Å². The number of aliphatic hydroxyl groups excluding tert-OH is 1. The van der Waals surface area contributed by atoms with Crippen molar-refractivity contribution in [3.8, 4) is 5.75 Å². The molecule has 1 aliphatic rings. The van der Waals surface area contributed by atoms with Crippen LogP contribution in [0, 0.1) is 6.92 Å². The average molecular weight is 345 g/mol. The number of halogens is 1. The summed E-state index contributed by atoms with van der Waals surface area (Å²) in [5.41, 5.74) is 1.11. The molecule has 1 saturated heterocycles. The fourth-order valence-corrected chi connectivity index (χ4v) is 2.28. The van der Waals surface area contributed by atoms with Crippen LogP contribution in [0.15, 0.2) is 22.7 Å². The molecule has 4 nitrogen and oxygen atoms in total. The van der Waals surface area contributed by atoms with Gasteiger partial charge in [0.05, 0.1) is 12.7 Å². The highest BCUT2D eigenvalue weighted by molar-refractivity contribution is 9.10. The van der Waals surface area contributed by atoms with Crippen molar-refractivity contribution in [3.63, 3.8) is 0 Å².